The van der Waals surface area contributed by atoms with E-state index in [1.54, 1.807) is 0 Å². The average Bonchev–Trinajstić information content (AvgIpc) is 2.65. The van der Waals surface area contributed by atoms with Gasteiger partial charge in [-0.05, 0) is 6.42 Å². The molecule has 5 heteroatoms. The van der Waals surface area contributed by atoms with Crippen LogP contribution < -0.4 is 0 Å². The highest BCUT2D eigenvalue weighted by Crippen LogP contribution is 2.43. The van der Waals surface area contributed by atoms with Gasteiger partial charge in [0, 0.05) is 11.8 Å². The minimum atomic E-state index is -1.35. The van der Waals surface area contributed by atoms with Gasteiger partial charge in [0.2, 0.25) is 5.91 Å². The fourth-order valence-corrected chi connectivity index (χ4v) is 2.29. The van der Waals surface area contributed by atoms with Crippen molar-refractivity contribution >= 4 is 18.2 Å². The molecule has 0 aromatic carbocycles. The zero-order valence-electron chi connectivity index (χ0n) is 9.65. The molecule has 2 saturated heterocycles. The van der Waals surface area contributed by atoms with Crippen LogP contribution in [0.3, 0.4) is 0 Å². The van der Waals surface area contributed by atoms with Crippen molar-refractivity contribution in [2.75, 3.05) is 0 Å². The molecule has 0 aliphatic carbocycles. The topological polar surface area (TPSA) is 63.7 Å². The predicted molar refractivity (Wildman–Crippen MR) is 54.2 cm³/mol. The summed E-state index contributed by atoms with van der Waals surface area (Å²) in [5.74, 6) is -0.772. The SMILES string of the molecule is CC(C)(C)C1OC(=O)C2(C=O)CCC(=O)N12. The summed E-state index contributed by atoms with van der Waals surface area (Å²) in [4.78, 5) is 36.0. The van der Waals surface area contributed by atoms with E-state index >= 15 is 0 Å². The van der Waals surface area contributed by atoms with E-state index in [-0.39, 0.29) is 24.2 Å². The highest BCUT2D eigenvalue weighted by molar-refractivity contribution is 6.06. The van der Waals surface area contributed by atoms with Gasteiger partial charge in [0.1, 0.15) is 0 Å². The lowest BCUT2D eigenvalue weighted by molar-refractivity contribution is -0.151. The van der Waals surface area contributed by atoms with E-state index in [2.05, 4.69) is 0 Å². The third-order valence-electron chi connectivity index (χ3n) is 3.16. The van der Waals surface area contributed by atoms with Crippen LogP contribution in [0.4, 0.5) is 0 Å². The van der Waals surface area contributed by atoms with Crippen LogP contribution in [-0.4, -0.2) is 34.8 Å². The van der Waals surface area contributed by atoms with Gasteiger partial charge >= 0.3 is 5.97 Å². The molecular weight excluding hydrogens is 210 g/mol. The fourth-order valence-electron chi connectivity index (χ4n) is 2.29. The summed E-state index contributed by atoms with van der Waals surface area (Å²) < 4.78 is 5.19. The second-order valence-electron chi connectivity index (χ2n) is 5.43. The van der Waals surface area contributed by atoms with E-state index in [4.69, 9.17) is 4.74 Å². The lowest BCUT2D eigenvalue weighted by Gasteiger charge is -2.33. The summed E-state index contributed by atoms with van der Waals surface area (Å²) in [5, 5.41) is 0. The molecule has 2 aliphatic rings. The standard InChI is InChI=1S/C11H15NO4/c1-10(2,3)8-12-7(14)4-5-11(12,6-13)9(15)16-8/h6,8H,4-5H2,1-3H3. The van der Waals surface area contributed by atoms with Crippen LogP contribution in [0.25, 0.3) is 0 Å². The fraction of sp³-hybridized carbons (Fsp3) is 0.727. The highest BCUT2D eigenvalue weighted by Gasteiger charge is 2.63. The van der Waals surface area contributed by atoms with Gasteiger partial charge < -0.3 is 9.53 Å². The zero-order valence-corrected chi connectivity index (χ0v) is 9.65. The number of aldehydes is 1. The van der Waals surface area contributed by atoms with Crippen LogP contribution in [0.2, 0.25) is 0 Å². The van der Waals surface area contributed by atoms with Gasteiger partial charge in [-0.2, -0.15) is 0 Å². The van der Waals surface area contributed by atoms with E-state index in [0.29, 0.717) is 6.29 Å². The maximum absolute atomic E-state index is 11.8. The molecule has 0 N–H and O–H groups in total. The number of ether oxygens (including phenoxy) is 1. The molecule has 0 spiro atoms. The summed E-state index contributed by atoms with van der Waals surface area (Å²) in [6, 6.07) is 0. The highest BCUT2D eigenvalue weighted by atomic mass is 16.6. The number of hydrogen-bond acceptors (Lipinski definition) is 4. The molecule has 2 aliphatic heterocycles. The summed E-state index contributed by atoms with van der Waals surface area (Å²) in [6.07, 6.45) is 0.382. The molecule has 2 heterocycles. The van der Waals surface area contributed by atoms with Crippen molar-refractivity contribution in [3.63, 3.8) is 0 Å². The number of fused-ring (bicyclic) bond motifs is 1. The van der Waals surface area contributed by atoms with Crippen LogP contribution in [0.5, 0.6) is 0 Å². The number of cyclic esters (lactones) is 1. The van der Waals surface area contributed by atoms with Gasteiger partial charge in [-0.15, -0.1) is 0 Å². The molecule has 2 rings (SSSR count). The number of nitrogens with zero attached hydrogens (tertiary/aromatic N) is 1. The molecule has 0 bridgehead atoms. The van der Waals surface area contributed by atoms with Crippen LogP contribution in [-0.2, 0) is 19.1 Å². The van der Waals surface area contributed by atoms with Crippen LogP contribution in [0.1, 0.15) is 33.6 Å². The van der Waals surface area contributed by atoms with Gasteiger partial charge in [-0.1, -0.05) is 20.8 Å². The average molecular weight is 225 g/mol. The third-order valence-corrected chi connectivity index (χ3v) is 3.16. The number of esters is 1. The van der Waals surface area contributed by atoms with Crippen LogP contribution >= 0.6 is 0 Å². The normalized spacial score (nSPS) is 33.9. The molecular formula is C11H15NO4. The molecule has 0 saturated carbocycles. The number of rotatable bonds is 1. The van der Waals surface area contributed by atoms with Crippen molar-refractivity contribution in [3.8, 4) is 0 Å². The van der Waals surface area contributed by atoms with E-state index in [1.807, 2.05) is 20.8 Å². The first kappa shape index (κ1) is 11.1. The molecule has 0 aromatic rings. The number of hydrogen-bond donors (Lipinski definition) is 0. The first-order chi connectivity index (χ1) is 7.33. The Morgan fingerprint density at radius 1 is 1.44 bits per heavy atom. The Kier molecular flexibility index (Phi) is 2.12. The first-order valence-electron chi connectivity index (χ1n) is 5.32. The lowest BCUT2D eigenvalue weighted by Crippen LogP contribution is -2.51. The van der Waals surface area contributed by atoms with Gasteiger partial charge in [0.25, 0.3) is 0 Å². The van der Waals surface area contributed by atoms with Crippen LogP contribution in [0.15, 0.2) is 0 Å². The largest absolute Gasteiger partial charge is 0.439 e. The monoisotopic (exact) mass is 225 g/mol. The number of amides is 1. The molecule has 2 unspecified atom stereocenters. The Hall–Kier alpha value is -1.39. The van der Waals surface area contributed by atoms with Crippen molar-refractivity contribution < 1.29 is 19.1 Å². The Morgan fingerprint density at radius 2 is 2.06 bits per heavy atom. The van der Waals surface area contributed by atoms with Crippen LogP contribution in [0, 0.1) is 5.41 Å². The molecule has 2 fully saturated rings. The maximum atomic E-state index is 11.8. The molecule has 16 heavy (non-hydrogen) atoms. The predicted octanol–water partition coefficient (Wildman–Crippen LogP) is 0.475. The van der Waals surface area contributed by atoms with Crippen molar-refractivity contribution in [2.24, 2.45) is 5.41 Å². The summed E-state index contributed by atoms with van der Waals surface area (Å²) in [7, 11) is 0. The minimum Gasteiger partial charge on any atom is -0.439 e. The number of carbonyl (C=O) groups excluding carboxylic acids is 3. The van der Waals surface area contributed by atoms with E-state index < -0.39 is 17.7 Å². The second kappa shape index (κ2) is 3.06. The van der Waals surface area contributed by atoms with Gasteiger partial charge in [-0.3, -0.25) is 9.69 Å². The summed E-state index contributed by atoms with van der Waals surface area (Å²) in [6.45, 7) is 5.62. The quantitative estimate of drug-likeness (QED) is 0.370. The Balaban J connectivity index is 2.46. The summed E-state index contributed by atoms with van der Waals surface area (Å²) in [5.41, 5.74) is -1.74. The van der Waals surface area contributed by atoms with E-state index in [9.17, 15) is 14.4 Å². The molecule has 88 valence electrons. The first-order valence-corrected chi connectivity index (χ1v) is 5.32. The zero-order chi connectivity index (χ0) is 12.1. The lowest BCUT2D eigenvalue weighted by atomic mass is 9.92. The molecule has 0 aromatic heterocycles. The molecule has 0 radical (unpaired) electrons. The van der Waals surface area contributed by atoms with E-state index in [0.717, 1.165) is 0 Å². The van der Waals surface area contributed by atoms with Gasteiger partial charge in [0.05, 0.1) is 0 Å². The molecule has 2 atom stereocenters. The Morgan fingerprint density at radius 3 is 2.56 bits per heavy atom. The minimum absolute atomic E-state index is 0.183. The van der Waals surface area contributed by atoms with Crippen molar-refractivity contribution in [1.29, 1.82) is 0 Å². The van der Waals surface area contributed by atoms with Gasteiger partial charge in [-0.25, -0.2) is 4.79 Å². The van der Waals surface area contributed by atoms with Crippen molar-refractivity contribution in [2.45, 2.75) is 45.4 Å². The Labute approximate surface area is 93.7 Å². The second-order valence-corrected chi connectivity index (χ2v) is 5.43. The third kappa shape index (κ3) is 1.20. The molecule has 1 amide bonds. The van der Waals surface area contributed by atoms with E-state index in [1.165, 1.54) is 4.90 Å². The smallest absolute Gasteiger partial charge is 0.341 e. The maximum Gasteiger partial charge on any atom is 0.341 e. The van der Waals surface area contributed by atoms with Crippen molar-refractivity contribution in [1.82, 2.24) is 4.90 Å². The van der Waals surface area contributed by atoms with Gasteiger partial charge in [0.15, 0.2) is 18.1 Å². The van der Waals surface area contributed by atoms with Crippen molar-refractivity contribution in [3.05, 3.63) is 0 Å². The number of carbonyl (C=O) groups is 3. The summed E-state index contributed by atoms with van der Waals surface area (Å²) >= 11 is 0. The molecule has 5 nitrogen and oxygen atoms in total. The Bertz CT molecular complexity index is 371.